The maximum Gasteiger partial charge on any atom is 0.251 e. The fraction of sp³-hybridized carbons (Fsp3) is 0.438. The first kappa shape index (κ1) is 14.5. The molecule has 1 aromatic carbocycles. The van der Waals surface area contributed by atoms with Gasteiger partial charge in [-0.05, 0) is 31.0 Å². The fourth-order valence-electron chi connectivity index (χ4n) is 2.86. The highest BCUT2D eigenvalue weighted by Crippen LogP contribution is 2.15. The Hall–Kier alpha value is -2.39. The van der Waals surface area contributed by atoms with E-state index in [0.29, 0.717) is 12.0 Å². The summed E-state index contributed by atoms with van der Waals surface area (Å²) in [6, 6.07) is 7.94. The van der Waals surface area contributed by atoms with Crippen molar-refractivity contribution in [2.75, 3.05) is 19.6 Å². The normalized spacial score (nSPS) is 16.5. The molecule has 0 spiro atoms. The van der Waals surface area contributed by atoms with Crippen molar-refractivity contribution in [3.05, 3.63) is 30.0 Å². The van der Waals surface area contributed by atoms with Gasteiger partial charge in [0, 0.05) is 43.0 Å². The Labute approximate surface area is 129 Å². The second-order valence-electron chi connectivity index (χ2n) is 5.67. The van der Waals surface area contributed by atoms with Gasteiger partial charge in [-0.25, -0.2) is 0 Å². The minimum Gasteiger partial charge on any atom is -0.349 e. The van der Waals surface area contributed by atoms with Crippen LogP contribution in [0.4, 0.5) is 0 Å². The quantitative estimate of drug-likeness (QED) is 0.899. The fourth-order valence-corrected chi connectivity index (χ4v) is 2.86. The second kappa shape index (κ2) is 6.58. The van der Waals surface area contributed by atoms with E-state index in [1.165, 1.54) is 0 Å². The number of nitrogens with one attached hydrogen (secondary N) is 2. The molecule has 1 saturated heterocycles. The largest absolute Gasteiger partial charge is 0.349 e. The predicted molar refractivity (Wildman–Crippen MR) is 83.3 cm³/mol. The number of nitrogens with zero attached hydrogens (tertiary/aromatic N) is 3. The number of rotatable bonds is 4. The summed E-state index contributed by atoms with van der Waals surface area (Å²) in [7, 11) is 0. The summed E-state index contributed by atoms with van der Waals surface area (Å²) in [4.78, 5) is 14.6. The number of nitriles is 1. The Morgan fingerprint density at radius 1 is 1.45 bits per heavy atom. The van der Waals surface area contributed by atoms with Crippen LogP contribution in [0.5, 0.6) is 0 Å². The van der Waals surface area contributed by atoms with Gasteiger partial charge in [0.05, 0.1) is 17.8 Å². The topological polar surface area (TPSA) is 84.8 Å². The van der Waals surface area contributed by atoms with Crippen LogP contribution in [0.15, 0.2) is 24.4 Å². The zero-order chi connectivity index (χ0) is 15.4. The van der Waals surface area contributed by atoms with E-state index < -0.39 is 0 Å². The van der Waals surface area contributed by atoms with Crippen molar-refractivity contribution >= 4 is 16.8 Å². The highest BCUT2D eigenvalue weighted by Gasteiger charge is 2.20. The monoisotopic (exact) mass is 297 g/mol. The van der Waals surface area contributed by atoms with E-state index >= 15 is 0 Å². The molecule has 3 rings (SSSR count). The molecule has 114 valence electrons. The van der Waals surface area contributed by atoms with Crippen molar-refractivity contribution in [2.24, 2.45) is 0 Å². The van der Waals surface area contributed by atoms with Crippen LogP contribution in [0.25, 0.3) is 10.9 Å². The standard InChI is InChI=1S/C16H19N5O/c17-6-1-7-21-8-4-14(5-9-21)19-16(22)12-2-3-15-13(10-12)11-18-20-15/h2-3,10-11,14H,1,4-5,7-9H2,(H,18,20)(H,19,22). The van der Waals surface area contributed by atoms with E-state index in [-0.39, 0.29) is 11.9 Å². The Kier molecular flexibility index (Phi) is 4.35. The van der Waals surface area contributed by atoms with Crippen molar-refractivity contribution in [3.63, 3.8) is 0 Å². The lowest BCUT2D eigenvalue weighted by molar-refractivity contribution is 0.0912. The third kappa shape index (κ3) is 3.26. The zero-order valence-corrected chi connectivity index (χ0v) is 12.4. The second-order valence-corrected chi connectivity index (χ2v) is 5.67. The summed E-state index contributed by atoms with van der Waals surface area (Å²) in [5.74, 6) is -0.0291. The highest BCUT2D eigenvalue weighted by atomic mass is 16.1. The van der Waals surface area contributed by atoms with Crippen LogP contribution in [0.1, 0.15) is 29.6 Å². The molecule has 6 heteroatoms. The molecule has 0 saturated carbocycles. The summed E-state index contributed by atoms with van der Waals surface area (Å²) in [6.45, 7) is 2.70. The molecule has 2 aromatic rings. The number of aromatic amines is 1. The van der Waals surface area contributed by atoms with Crippen LogP contribution in [0.2, 0.25) is 0 Å². The molecule has 1 amide bonds. The van der Waals surface area contributed by atoms with E-state index in [9.17, 15) is 4.79 Å². The Balaban J connectivity index is 1.55. The highest BCUT2D eigenvalue weighted by molar-refractivity contribution is 5.98. The molecule has 1 fully saturated rings. The number of likely N-dealkylation sites (tertiary alicyclic amines) is 1. The van der Waals surface area contributed by atoms with Gasteiger partial charge in [0.1, 0.15) is 0 Å². The first-order valence-corrected chi connectivity index (χ1v) is 7.59. The van der Waals surface area contributed by atoms with Crippen LogP contribution in [-0.2, 0) is 0 Å². The van der Waals surface area contributed by atoms with Gasteiger partial charge >= 0.3 is 0 Å². The number of piperidine rings is 1. The summed E-state index contributed by atoms with van der Waals surface area (Å²) >= 11 is 0. The van der Waals surface area contributed by atoms with E-state index in [1.807, 2.05) is 18.2 Å². The average Bonchev–Trinajstić information content (AvgIpc) is 3.01. The molecule has 0 unspecified atom stereocenters. The molecule has 2 heterocycles. The average molecular weight is 297 g/mol. The lowest BCUT2D eigenvalue weighted by Gasteiger charge is -2.31. The molecule has 0 atom stereocenters. The lowest BCUT2D eigenvalue weighted by Crippen LogP contribution is -2.44. The SMILES string of the molecule is N#CCCN1CCC(NC(=O)c2ccc3[nH]ncc3c2)CC1. The van der Waals surface area contributed by atoms with Gasteiger partial charge in [-0.2, -0.15) is 10.4 Å². The first-order chi connectivity index (χ1) is 10.8. The molecular formula is C16H19N5O. The van der Waals surface area contributed by atoms with Gasteiger partial charge in [-0.15, -0.1) is 0 Å². The van der Waals surface area contributed by atoms with E-state index in [2.05, 4.69) is 26.5 Å². The van der Waals surface area contributed by atoms with Gasteiger partial charge in [-0.1, -0.05) is 0 Å². The van der Waals surface area contributed by atoms with Gasteiger partial charge in [0.15, 0.2) is 0 Å². The maximum atomic E-state index is 12.3. The molecule has 0 bridgehead atoms. The molecular weight excluding hydrogens is 278 g/mol. The van der Waals surface area contributed by atoms with Gasteiger partial charge < -0.3 is 10.2 Å². The smallest absolute Gasteiger partial charge is 0.251 e. The molecule has 6 nitrogen and oxygen atoms in total. The van der Waals surface area contributed by atoms with Crippen LogP contribution >= 0.6 is 0 Å². The molecule has 2 N–H and O–H groups in total. The van der Waals surface area contributed by atoms with Gasteiger partial charge in [0.25, 0.3) is 5.91 Å². The number of aromatic nitrogens is 2. The number of carbonyl (C=O) groups excluding carboxylic acids is 1. The third-order valence-corrected chi connectivity index (χ3v) is 4.17. The van der Waals surface area contributed by atoms with E-state index in [0.717, 1.165) is 43.4 Å². The Bertz CT molecular complexity index is 694. The Morgan fingerprint density at radius 2 is 2.27 bits per heavy atom. The minimum atomic E-state index is -0.0291. The number of hydrogen-bond acceptors (Lipinski definition) is 4. The van der Waals surface area contributed by atoms with Crippen LogP contribution in [0.3, 0.4) is 0 Å². The summed E-state index contributed by atoms with van der Waals surface area (Å²) in [5, 5.41) is 19.5. The van der Waals surface area contributed by atoms with Crippen LogP contribution in [-0.4, -0.2) is 46.7 Å². The maximum absolute atomic E-state index is 12.3. The number of H-pyrrole nitrogens is 1. The molecule has 22 heavy (non-hydrogen) atoms. The van der Waals surface area contributed by atoms with Crippen molar-refractivity contribution in [2.45, 2.75) is 25.3 Å². The summed E-state index contributed by atoms with van der Waals surface area (Å²) < 4.78 is 0. The van der Waals surface area contributed by atoms with E-state index in [4.69, 9.17) is 5.26 Å². The minimum absolute atomic E-state index is 0.0291. The number of benzene rings is 1. The van der Waals surface area contributed by atoms with Crippen molar-refractivity contribution in [3.8, 4) is 6.07 Å². The van der Waals surface area contributed by atoms with E-state index in [1.54, 1.807) is 6.20 Å². The van der Waals surface area contributed by atoms with Crippen molar-refractivity contribution in [1.29, 1.82) is 5.26 Å². The molecule has 0 radical (unpaired) electrons. The third-order valence-electron chi connectivity index (χ3n) is 4.17. The molecule has 1 aliphatic rings. The Morgan fingerprint density at radius 3 is 3.05 bits per heavy atom. The summed E-state index contributed by atoms with van der Waals surface area (Å²) in [5.41, 5.74) is 1.60. The van der Waals surface area contributed by atoms with Crippen molar-refractivity contribution in [1.82, 2.24) is 20.4 Å². The van der Waals surface area contributed by atoms with Gasteiger partial charge in [0.2, 0.25) is 0 Å². The first-order valence-electron chi connectivity index (χ1n) is 7.59. The molecule has 1 aliphatic heterocycles. The van der Waals surface area contributed by atoms with Crippen LogP contribution < -0.4 is 5.32 Å². The zero-order valence-electron chi connectivity index (χ0n) is 12.4. The lowest BCUT2D eigenvalue weighted by atomic mass is 10.0. The number of amides is 1. The number of fused-ring (bicyclic) bond motifs is 1. The molecule has 0 aliphatic carbocycles. The number of carbonyl (C=O) groups is 1. The van der Waals surface area contributed by atoms with Crippen molar-refractivity contribution < 1.29 is 4.79 Å². The summed E-state index contributed by atoms with van der Waals surface area (Å²) in [6.07, 6.45) is 4.16. The molecule has 1 aromatic heterocycles. The van der Waals surface area contributed by atoms with Crippen LogP contribution in [0, 0.1) is 11.3 Å². The predicted octanol–water partition coefficient (Wildman–Crippen LogP) is 1.67. The van der Waals surface area contributed by atoms with Gasteiger partial charge in [-0.3, -0.25) is 9.89 Å². The number of hydrogen-bond donors (Lipinski definition) is 2.